The third-order valence-electron chi connectivity index (χ3n) is 6.28. The number of halogens is 1. The molecule has 4 heterocycles. The van der Waals surface area contributed by atoms with E-state index < -0.39 is 5.66 Å². The van der Waals surface area contributed by atoms with E-state index in [1.165, 1.54) is 6.26 Å². The lowest BCUT2D eigenvalue weighted by Crippen LogP contribution is -2.60. The zero-order valence-corrected chi connectivity index (χ0v) is 19.0. The molecule has 1 unspecified atom stereocenters. The van der Waals surface area contributed by atoms with Gasteiger partial charge in [-0.15, -0.1) is 0 Å². The topological polar surface area (TPSA) is 74.8 Å². The van der Waals surface area contributed by atoms with E-state index in [2.05, 4.69) is 10.1 Å². The van der Waals surface area contributed by atoms with Crippen LogP contribution in [0.5, 0.6) is 0 Å². The van der Waals surface area contributed by atoms with E-state index >= 15 is 0 Å². The molecule has 1 aromatic carbocycles. The normalized spacial score (nSPS) is 20.1. The highest BCUT2D eigenvalue weighted by Crippen LogP contribution is 2.44. The first-order valence-electron chi connectivity index (χ1n) is 10.5. The van der Waals surface area contributed by atoms with Crippen LogP contribution in [-0.2, 0) is 18.8 Å². The van der Waals surface area contributed by atoms with E-state index in [4.69, 9.17) is 16.1 Å². The Morgan fingerprint density at radius 3 is 2.66 bits per heavy atom. The first-order valence-corrected chi connectivity index (χ1v) is 10.8. The number of amides is 2. The van der Waals surface area contributed by atoms with Gasteiger partial charge in [0, 0.05) is 36.4 Å². The van der Waals surface area contributed by atoms with E-state index in [-0.39, 0.29) is 11.8 Å². The molecule has 0 saturated carbocycles. The van der Waals surface area contributed by atoms with Crippen molar-refractivity contribution in [2.75, 3.05) is 27.2 Å². The second-order valence-corrected chi connectivity index (χ2v) is 9.09. The van der Waals surface area contributed by atoms with Crippen LogP contribution in [0.25, 0.3) is 0 Å². The van der Waals surface area contributed by atoms with E-state index in [0.29, 0.717) is 41.6 Å². The van der Waals surface area contributed by atoms with Crippen molar-refractivity contribution in [3.63, 3.8) is 0 Å². The lowest BCUT2D eigenvalue weighted by molar-refractivity contribution is -0.00597. The molecule has 1 fully saturated rings. The molecule has 32 heavy (non-hydrogen) atoms. The lowest BCUT2D eigenvalue weighted by Gasteiger charge is -2.47. The van der Waals surface area contributed by atoms with Gasteiger partial charge in [0.2, 0.25) is 0 Å². The largest absolute Gasteiger partial charge is 0.364 e. The number of nitrogens with zero attached hydrogens (tertiary/aromatic N) is 5. The fourth-order valence-electron chi connectivity index (χ4n) is 4.90. The minimum atomic E-state index is -0.968. The molecule has 2 aliphatic heterocycles. The van der Waals surface area contributed by atoms with Gasteiger partial charge in [0.15, 0.2) is 5.66 Å². The molecule has 1 atom stereocenters. The molecule has 9 heteroatoms. The van der Waals surface area contributed by atoms with Gasteiger partial charge in [-0.1, -0.05) is 28.9 Å². The van der Waals surface area contributed by atoms with Crippen LogP contribution in [0.2, 0.25) is 5.02 Å². The monoisotopic (exact) mass is 453 g/mol. The summed E-state index contributed by atoms with van der Waals surface area (Å²) < 4.78 is 7.00. The molecule has 0 aliphatic carbocycles. The predicted octanol–water partition coefficient (Wildman–Crippen LogP) is 2.96. The maximum atomic E-state index is 13.7. The van der Waals surface area contributed by atoms with Crippen molar-refractivity contribution in [2.45, 2.75) is 25.7 Å². The van der Waals surface area contributed by atoms with Crippen LogP contribution in [0.1, 0.15) is 37.7 Å². The van der Waals surface area contributed by atoms with Crippen LogP contribution in [0.3, 0.4) is 0 Å². The summed E-state index contributed by atoms with van der Waals surface area (Å²) >= 11 is 6.16. The van der Waals surface area contributed by atoms with Crippen molar-refractivity contribution in [3.05, 3.63) is 75.9 Å². The summed E-state index contributed by atoms with van der Waals surface area (Å²) in [5.74, 6) is -0.299. The van der Waals surface area contributed by atoms with Crippen molar-refractivity contribution >= 4 is 23.4 Å². The molecular formula is C23H24ClN5O3. The second-order valence-electron chi connectivity index (χ2n) is 8.65. The maximum Gasteiger partial charge on any atom is 0.272 e. The fraction of sp³-hybridized carbons (Fsp3) is 0.348. The summed E-state index contributed by atoms with van der Waals surface area (Å²) in [5, 5.41) is 4.47. The molecule has 166 valence electrons. The minimum Gasteiger partial charge on any atom is -0.364 e. The number of rotatable bonds is 4. The molecule has 2 aromatic heterocycles. The SMILES string of the molecule is Cc1nocc1C(=O)N1CCN2C(=O)c3cc(CN(C)C)cn3CC12c1ccc(Cl)cc1. The fourth-order valence-corrected chi connectivity index (χ4v) is 5.02. The second kappa shape index (κ2) is 7.50. The first kappa shape index (κ1) is 20.8. The first-order chi connectivity index (χ1) is 15.3. The van der Waals surface area contributed by atoms with E-state index in [1.54, 1.807) is 24.0 Å². The molecule has 0 radical (unpaired) electrons. The Kier molecular flexibility index (Phi) is 4.87. The van der Waals surface area contributed by atoms with Crippen LogP contribution in [0.15, 0.2) is 47.3 Å². The highest BCUT2D eigenvalue weighted by Gasteiger charge is 2.56. The van der Waals surface area contributed by atoms with Crippen molar-refractivity contribution in [2.24, 2.45) is 0 Å². The molecular weight excluding hydrogens is 430 g/mol. The van der Waals surface area contributed by atoms with Gasteiger partial charge in [0.25, 0.3) is 11.8 Å². The molecule has 2 aliphatic rings. The molecule has 0 N–H and O–H groups in total. The van der Waals surface area contributed by atoms with Crippen molar-refractivity contribution < 1.29 is 14.1 Å². The summed E-state index contributed by atoms with van der Waals surface area (Å²) in [4.78, 5) is 32.9. The molecule has 3 aromatic rings. The number of aryl methyl sites for hydroxylation is 1. The average molecular weight is 454 g/mol. The average Bonchev–Trinajstić information content (AvgIpc) is 3.45. The summed E-state index contributed by atoms with van der Waals surface area (Å²) in [7, 11) is 3.99. The van der Waals surface area contributed by atoms with Crippen LogP contribution in [0, 0.1) is 6.92 Å². The Hall–Kier alpha value is -3.10. The van der Waals surface area contributed by atoms with Gasteiger partial charge in [-0.25, -0.2) is 0 Å². The highest BCUT2D eigenvalue weighted by molar-refractivity contribution is 6.30. The Morgan fingerprint density at radius 2 is 2.00 bits per heavy atom. The minimum absolute atomic E-state index is 0.0893. The molecule has 1 saturated heterocycles. The Morgan fingerprint density at radius 1 is 1.25 bits per heavy atom. The van der Waals surface area contributed by atoms with Crippen LogP contribution >= 0.6 is 11.6 Å². The lowest BCUT2D eigenvalue weighted by atomic mass is 9.93. The number of fused-ring (bicyclic) bond motifs is 2. The van der Waals surface area contributed by atoms with Crippen molar-refractivity contribution in [1.29, 1.82) is 0 Å². The molecule has 0 spiro atoms. The number of benzene rings is 1. The van der Waals surface area contributed by atoms with Crippen molar-refractivity contribution in [3.8, 4) is 0 Å². The number of hydrogen-bond acceptors (Lipinski definition) is 5. The zero-order chi connectivity index (χ0) is 22.6. The molecule has 5 rings (SSSR count). The standard InChI is InChI=1S/C23H24ClN5O3/c1-15-19(13-32-25-15)21(30)28-8-9-29-22(31)20-10-16(11-26(2)3)12-27(20)14-23(28,29)17-4-6-18(24)7-5-17/h4-7,10,12-13H,8-9,11,14H2,1-3H3. The van der Waals surface area contributed by atoms with E-state index in [0.717, 1.165) is 17.7 Å². The number of carbonyl (C=O) groups excluding carboxylic acids is 2. The third-order valence-corrected chi connectivity index (χ3v) is 6.53. The Balaban J connectivity index is 1.66. The third kappa shape index (κ3) is 3.05. The van der Waals surface area contributed by atoms with Crippen LogP contribution in [0.4, 0.5) is 0 Å². The Labute approximate surface area is 190 Å². The number of aromatic nitrogens is 2. The summed E-state index contributed by atoms with van der Waals surface area (Å²) in [6.07, 6.45) is 3.38. The van der Waals surface area contributed by atoms with Crippen molar-refractivity contribution in [1.82, 2.24) is 24.4 Å². The van der Waals surface area contributed by atoms with Gasteiger partial charge in [0.05, 0.1) is 12.2 Å². The van der Waals surface area contributed by atoms with Crippen LogP contribution in [-0.4, -0.2) is 63.4 Å². The zero-order valence-electron chi connectivity index (χ0n) is 18.2. The predicted molar refractivity (Wildman–Crippen MR) is 118 cm³/mol. The summed E-state index contributed by atoms with van der Waals surface area (Å²) in [5.41, 5.74) is 2.49. The van der Waals surface area contributed by atoms with Gasteiger partial charge in [0.1, 0.15) is 17.5 Å². The maximum absolute atomic E-state index is 13.7. The quantitative estimate of drug-likeness (QED) is 0.607. The summed E-state index contributed by atoms with van der Waals surface area (Å²) in [6.45, 7) is 3.74. The molecule has 2 amide bonds. The highest BCUT2D eigenvalue weighted by atomic mass is 35.5. The van der Waals surface area contributed by atoms with Gasteiger partial charge >= 0.3 is 0 Å². The van der Waals surface area contributed by atoms with Crippen LogP contribution < -0.4 is 0 Å². The Bertz CT molecular complexity index is 1200. The van der Waals surface area contributed by atoms with Gasteiger partial charge < -0.3 is 23.8 Å². The molecule has 8 nitrogen and oxygen atoms in total. The van der Waals surface area contributed by atoms with Gasteiger partial charge in [-0.3, -0.25) is 9.59 Å². The van der Waals surface area contributed by atoms with E-state index in [1.807, 2.05) is 48.0 Å². The van der Waals surface area contributed by atoms with Gasteiger partial charge in [-0.2, -0.15) is 0 Å². The van der Waals surface area contributed by atoms with Gasteiger partial charge in [-0.05, 0) is 44.8 Å². The molecule has 0 bridgehead atoms. The number of carbonyl (C=O) groups is 2. The van der Waals surface area contributed by atoms with E-state index in [9.17, 15) is 9.59 Å². The summed E-state index contributed by atoms with van der Waals surface area (Å²) in [6, 6.07) is 9.32. The smallest absolute Gasteiger partial charge is 0.272 e. The number of hydrogen-bond donors (Lipinski definition) is 0.